The third kappa shape index (κ3) is 4.81. The summed E-state index contributed by atoms with van der Waals surface area (Å²) in [4.78, 5) is 13.1. The van der Waals surface area contributed by atoms with Crippen molar-refractivity contribution in [3.05, 3.63) is 59.2 Å². The van der Waals surface area contributed by atoms with Crippen LogP contribution in [0.3, 0.4) is 0 Å². The molecule has 116 valence electrons. The molecule has 0 saturated carbocycles. The first-order valence-corrected chi connectivity index (χ1v) is 8.13. The largest absolute Gasteiger partial charge is 0.450 e. The van der Waals surface area contributed by atoms with Crippen LogP contribution in [0.15, 0.2) is 52.3 Å². The van der Waals surface area contributed by atoms with Crippen molar-refractivity contribution in [2.24, 2.45) is 5.73 Å². The maximum absolute atomic E-state index is 10.6. The molecule has 2 N–H and O–H groups in total. The van der Waals surface area contributed by atoms with Crippen LogP contribution in [0.2, 0.25) is 0 Å². The molecule has 3 nitrogen and oxygen atoms in total. The lowest BCUT2D eigenvalue weighted by Gasteiger charge is -2.11. The second kappa shape index (κ2) is 7.90. The SMILES string of the molecule is Cc1ccc(Sc2ccccc2CCCOC(N)=O)c(C)c1. The first kappa shape index (κ1) is 16.4. The van der Waals surface area contributed by atoms with E-state index in [0.29, 0.717) is 6.61 Å². The first-order valence-electron chi connectivity index (χ1n) is 7.31. The van der Waals surface area contributed by atoms with Gasteiger partial charge in [-0.3, -0.25) is 0 Å². The fraction of sp³-hybridized carbons (Fsp3) is 0.278. The molecule has 4 heteroatoms. The number of carbonyl (C=O) groups is 1. The summed E-state index contributed by atoms with van der Waals surface area (Å²) in [7, 11) is 0. The number of rotatable bonds is 6. The normalized spacial score (nSPS) is 10.5. The Hall–Kier alpha value is -1.94. The zero-order valence-electron chi connectivity index (χ0n) is 13.0. The summed E-state index contributed by atoms with van der Waals surface area (Å²) in [5.74, 6) is 0. The van der Waals surface area contributed by atoms with Crippen LogP contribution in [0.25, 0.3) is 0 Å². The first-order chi connectivity index (χ1) is 10.6. The van der Waals surface area contributed by atoms with Gasteiger partial charge in [-0.2, -0.15) is 0 Å². The summed E-state index contributed by atoms with van der Waals surface area (Å²) in [5.41, 5.74) is 8.80. The molecule has 2 aromatic rings. The lowest BCUT2D eigenvalue weighted by Crippen LogP contribution is -2.14. The van der Waals surface area contributed by atoms with Crippen LogP contribution in [0.1, 0.15) is 23.1 Å². The molecule has 0 radical (unpaired) electrons. The van der Waals surface area contributed by atoms with E-state index in [1.54, 1.807) is 11.8 Å². The summed E-state index contributed by atoms with van der Waals surface area (Å²) in [6.07, 6.45) is 0.923. The van der Waals surface area contributed by atoms with Gasteiger partial charge in [-0.1, -0.05) is 47.7 Å². The van der Waals surface area contributed by atoms with E-state index in [2.05, 4.69) is 50.2 Å². The number of amides is 1. The average Bonchev–Trinajstić information content (AvgIpc) is 2.48. The van der Waals surface area contributed by atoms with Crippen LogP contribution < -0.4 is 5.73 Å². The zero-order valence-corrected chi connectivity index (χ0v) is 13.8. The Balaban J connectivity index is 2.06. The predicted octanol–water partition coefficient (Wildman–Crippen LogP) is 4.48. The van der Waals surface area contributed by atoms with Crippen molar-refractivity contribution < 1.29 is 9.53 Å². The molecule has 0 aromatic heterocycles. The van der Waals surface area contributed by atoms with Crippen LogP contribution in [-0.4, -0.2) is 12.7 Å². The number of primary amides is 1. The molecule has 0 unspecified atom stereocenters. The third-order valence-corrected chi connectivity index (χ3v) is 4.65. The summed E-state index contributed by atoms with van der Waals surface area (Å²) in [6.45, 7) is 4.60. The third-order valence-electron chi connectivity index (χ3n) is 3.36. The molecular formula is C18H21NO2S. The van der Waals surface area contributed by atoms with Gasteiger partial charge in [0.25, 0.3) is 0 Å². The molecule has 22 heavy (non-hydrogen) atoms. The van der Waals surface area contributed by atoms with Gasteiger partial charge in [-0.05, 0) is 49.9 Å². The van der Waals surface area contributed by atoms with Gasteiger partial charge in [-0.15, -0.1) is 0 Å². The second-order valence-electron chi connectivity index (χ2n) is 5.25. The molecule has 2 aromatic carbocycles. The van der Waals surface area contributed by atoms with E-state index in [0.717, 1.165) is 12.8 Å². The average molecular weight is 315 g/mol. The maximum atomic E-state index is 10.6. The minimum atomic E-state index is -0.710. The van der Waals surface area contributed by atoms with Gasteiger partial charge in [0, 0.05) is 9.79 Å². The Bertz CT molecular complexity index is 655. The fourth-order valence-electron chi connectivity index (χ4n) is 2.28. The zero-order chi connectivity index (χ0) is 15.9. The molecule has 2 rings (SSSR count). The quantitative estimate of drug-likeness (QED) is 0.799. The molecule has 0 aliphatic heterocycles. The van der Waals surface area contributed by atoms with Gasteiger partial charge < -0.3 is 10.5 Å². The van der Waals surface area contributed by atoms with Gasteiger partial charge in [0.15, 0.2) is 0 Å². The van der Waals surface area contributed by atoms with E-state index in [4.69, 9.17) is 10.5 Å². The smallest absolute Gasteiger partial charge is 0.404 e. The van der Waals surface area contributed by atoms with Crippen LogP contribution in [0.5, 0.6) is 0 Å². The molecule has 0 heterocycles. The van der Waals surface area contributed by atoms with Crippen molar-refractivity contribution in [3.8, 4) is 0 Å². The maximum Gasteiger partial charge on any atom is 0.404 e. The summed E-state index contributed by atoms with van der Waals surface area (Å²) >= 11 is 1.78. The van der Waals surface area contributed by atoms with Crippen LogP contribution in [0, 0.1) is 13.8 Å². The number of carbonyl (C=O) groups excluding carboxylic acids is 1. The molecule has 0 bridgehead atoms. The minimum absolute atomic E-state index is 0.359. The van der Waals surface area contributed by atoms with Crippen molar-refractivity contribution in [1.82, 2.24) is 0 Å². The standard InChI is InChI=1S/C18H21NO2S/c1-13-9-10-16(14(2)12-13)22-17-8-4-3-6-15(17)7-5-11-21-18(19)20/h3-4,6,8-10,12H,5,7,11H2,1-2H3,(H2,19,20). The Morgan fingerprint density at radius 3 is 2.64 bits per heavy atom. The highest BCUT2D eigenvalue weighted by molar-refractivity contribution is 7.99. The number of benzene rings is 2. The molecule has 0 saturated heterocycles. The van der Waals surface area contributed by atoms with Gasteiger partial charge >= 0.3 is 6.09 Å². The van der Waals surface area contributed by atoms with Crippen LogP contribution >= 0.6 is 11.8 Å². The Labute approximate surface area is 135 Å². The molecular weight excluding hydrogens is 294 g/mol. The van der Waals surface area contributed by atoms with Crippen LogP contribution in [0.4, 0.5) is 4.79 Å². The monoisotopic (exact) mass is 315 g/mol. The molecule has 0 aliphatic carbocycles. The van der Waals surface area contributed by atoms with E-state index in [-0.39, 0.29) is 0 Å². The second-order valence-corrected chi connectivity index (χ2v) is 6.33. The highest BCUT2D eigenvalue weighted by Crippen LogP contribution is 2.33. The highest BCUT2D eigenvalue weighted by atomic mass is 32.2. The lowest BCUT2D eigenvalue weighted by molar-refractivity contribution is 0.155. The van der Waals surface area contributed by atoms with Gasteiger partial charge in [0.1, 0.15) is 0 Å². The molecule has 0 fully saturated rings. The highest BCUT2D eigenvalue weighted by Gasteiger charge is 2.06. The summed E-state index contributed by atoms with van der Waals surface area (Å²) in [6, 6.07) is 14.8. The topological polar surface area (TPSA) is 52.3 Å². The number of hydrogen-bond donors (Lipinski definition) is 1. The summed E-state index contributed by atoms with van der Waals surface area (Å²) < 4.78 is 4.79. The lowest BCUT2D eigenvalue weighted by atomic mass is 10.1. The van der Waals surface area contributed by atoms with E-state index in [9.17, 15) is 4.79 Å². The van der Waals surface area contributed by atoms with Gasteiger partial charge in [-0.25, -0.2) is 4.79 Å². The van der Waals surface area contributed by atoms with Crippen molar-refractivity contribution in [1.29, 1.82) is 0 Å². The van der Waals surface area contributed by atoms with E-state index < -0.39 is 6.09 Å². The molecule has 0 aliphatic rings. The Morgan fingerprint density at radius 2 is 1.91 bits per heavy atom. The van der Waals surface area contributed by atoms with E-state index >= 15 is 0 Å². The number of aryl methyl sites for hydroxylation is 3. The van der Waals surface area contributed by atoms with E-state index in [1.807, 2.05) is 6.07 Å². The number of hydrogen-bond acceptors (Lipinski definition) is 3. The molecule has 1 amide bonds. The number of ether oxygens (including phenoxy) is 1. The predicted molar refractivity (Wildman–Crippen MR) is 90.3 cm³/mol. The van der Waals surface area contributed by atoms with Crippen molar-refractivity contribution in [2.45, 2.75) is 36.5 Å². The summed E-state index contributed by atoms with van der Waals surface area (Å²) in [5, 5.41) is 0. The van der Waals surface area contributed by atoms with Crippen LogP contribution in [-0.2, 0) is 11.2 Å². The fourth-order valence-corrected chi connectivity index (χ4v) is 3.32. The molecule has 0 atom stereocenters. The van der Waals surface area contributed by atoms with Gasteiger partial charge in [0.2, 0.25) is 0 Å². The Morgan fingerprint density at radius 1 is 1.14 bits per heavy atom. The molecule has 0 spiro atoms. The number of nitrogens with two attached hydrogens (primary N) is 1. The van der Waals surface area contributed by atoms with Crippen molar-refractivity contribution in [2.75, 3.05) is 6.61 Å². The minimum Gasteiger partial charge on any atom is -0.450 e. The Kier molecular flexibility index (Phi) is 5.90. The van der Waals surface area contributed by atoms with Crippen molar-refractivity contribution in [3.63, 3.8) is 0 Å². The van der Waals surface area contributed by atoms with Gasteiger partial charge in [0.05, 0.1) is 6.61 Å². The van der Waals surface area contributed by atoms with Crippen molar-refractivity contribution >= 4 is 17.9 Å². The van der Waals surface area contributed by atoms with E-state index in [1.165, 1.54) is 26.5 Å².